The van der Waals surface area contributed by atoms with Gasteiger partial charge in [-0.25, -0.2) is 0 Å². The minimum atomic E-state index is -0.649. The zero-order chi connectivity index (χ0) is 20.2. The summed E-state index contributed by atoms with van der Waals surface area (Å²) < 4.78 is 11.3. The Morgan fingerprint density at radius 3 is 2.19 bits per heavy atom. The molecular formula is C21H24BrNO4. The summed E-state index contributed by atoms with van der Waals surface area (Å²) >= 11 is 3.41. The van der Waals surface area contributed by atoms with E-state index < -0.39 is 11.7 Å². The first-order valence-corrected chi connectivity index (χ1v) is 9.30. The molecule has 0 aliphatic rings. The van der Waals surface area contributed by atoms with Crippen molar-refractivity contribution in [3.8, 4) is 11.5 Å². The van der Waals surface area contributed by atoms with Crippen LogP contribution in [0.1, 0.15) is 42.3 Å². The number of hydrogen-bond acceptors (Lipinski definition) is 4. The first-order chi connectivity index (χ1) is 12.7. The van der Waals surface area contributed by atoms with Gasteiger partial charge in [-0.2, -0.15) is 0 Å². The van der Waals surface area contributed by atoms with Crippen molar-refractivity contribution in [3.63, 3.8) is 0 Å². The number of Topliss-reactive ketones (excluding diaryl/α,β-unsaturated/α-hetero) is 1. The molecule has 2 aromatic rings. The van der Waals surface area contributed by atoms with Crippen LogP contribution in [0.4, 0.5) is 0 Å². The lowest BCUT2D eigenvalue weighted by molar-refractivity contribution is -0.117. The smallest absolute Gasteiger partial charge is 0.292 e. The van der Waals surface area contributed by atoms with E-state index in [9.17, 15) is 9.59 Å². The monoisotopic (exact) mass is 433 g/mol. The highest BCUT2D eigenvalue weighted by atomic mass is 79.9. The largest absolute Gasteiger partial charge is 0.493 e. The van der Waals surface area contributed by atoms with E-state index >= 15 is 0 Å². The van der Waals surface area contributed by atoms with Crippen LogP contribution in [0.3, 0.4) is 0 Å². The summed E-state index contributed by atoms with van der Waals surface area (Å²) in [4.78, 5) is 24.6. The third-order valence-corrected chi connectivity index (χ3v) is 4.75. The number of ether oxygens (including phenoxy) is 2. The fourth-order valence-corrected chi connectivity index (χ4v) is 3.24. The van der Waals surface area contributed by atoms with E-state index in [1.54, 1.807) is 25.3 Å². The van der Waals surface area contributed by atoms with Gasteiger partial charge in [0, 0.05) is 12.1 Å². The van der Waals surface area contributed by atoms with Gasteiger partial charge in [-0.05, 0) is 44.6 Å². The first-order valence-electron chi connectivity index (χ1n) is 8.51. The Balaban J connectivity index is 2.07. The van der Waals surface area contributed by atoms with Crippen molar-refractivity contribution >= 4 is 27.6 Å². The van der Waals surface area contributed by atoms with Crippen molar-refractivity contribution in [1.82, 2.24) is 5.32 Å². The Bertz CT molecular complexity index is 838. The molecule has 0 aliphatic heterocycles. The maximum Gasteiger partial charge on any atom is 0.292 e. The fraction of sp³-hybridized carbons (Fsp3) is 0.333. The third kappa shape index (κ3) is 5.10. The van der Waals surface area contributed by atoms with Crippen LogP contribution in [0.25, 0.3) is 0 Å². The van der Waals surface area contributed by atoms with Crippen LogP contribution in [0, 0.1) is 0 Å². The molecule has 1 N–H and O–H groups in total. The zero-order valence-electron chi connectivity index (χ0n) is 16.2. The Labute approximate surface area is 168 Å². The van der Waals surface area contributed by atoms with Crippen molar-refractivity contribution in [2.45, 2.75) is 32.7 Å². The summed E-state index contributed by atoms with van der Waals surface area (Å²) in [6.45, 7) is 6.48. The standard InChI is InChI=1S/C21H24BrNO4/c1-21(2,3)15-8-6-14(7-9-15)18(24)20(25)23-12-13-10-16(22)19(27-5)17(11-13)26-4/h6-11H,12H2,1-5H3,(H,23,25). The molecule has 27 heavy (non-hydrogen) atoms. The maximum atomic E-state index is 12.4. The summed E-state index contributed by atoms with van der Waals surface area (Å²) in [5.41, 5.74) is 2.25. The lowest BCUT2D eigenvalue weighted by Gasteiger charge is -2.18. The number of nitrogens with one attached hydrogen (secondary N) is 1. The van der Waals surface area contributed by atoms with Gasteiger partial charge >= 0.3 is 0 Å². The van der Waals surface area contributed by atoms with Gasteiger partial charge in [0.25, 0.3) is 5.91 Å². The second kappa shape index (κ2) is 8.57. The van der Waals surface area contributed by atoms with Crippen LogP contribution in [0.5, 0.6) is 11.5 Å². The maximum absolute atomic E-state index is 12.4. The topological polar surface area (TPSA) is 64.6 Å². The molecule has 0 atom stereocenters. The van der Waals surface area contributed by atoms with Gasteiger partial charge < -0.3 is 14.8 Å². The van der Waals surface area contributed by atoms with Gasteiger partial charge in [-0.15, -0.1) is 0 Å². The highest BCUT2D eigenvalue weighted by molar-refractivity contribution is 9.10. The van der Waals surface area contributed by atoms with E-state index in [0.717, 1.165) is 11.1 Å². The van der Waals surface area contributed by atoms with Crippen LogP contribution in [0.15, 0.2) is 40.9 Å². The predicted octanol–water partition coefficient (Wildman–Crippen LogP) is 4.26. The fourth-order valence-electron chi connectivity index (χ4n) is 2.59. The van der Waals surface area contributed by atoms with E-state index in [1.165, 1.54) is 7.11 Å². The van der Waals surface area contributed by atoms with Crippen LogP contribution in [0.2, 0.25) is 0 Å². The molecule has 0 radical (unpaired) electrons. The number of halogens is 1. The Morgan fingerprint density at radius 2 is 1.67 bits per heavy atom. The van der Waals surface area contributed by atoms with Crippen LogP contribution in [-0.4, -0.2) is 25.9 Å². The molecule has 0 fully saturated rings. The highest BCUT2D eigenvalue weighted by Gasteiger charge is 2.19. The summed E-state index contributed by atoms with van der Waals surface area (Å²) in [5.74, 6) is -0.0952. The SMILES string of the molecule is COc1cc(CNC(=O)C(=O)c2ccc(C(C)(C)C)cc2)cc(Br)c1OC. The van der Waals surface area contributed by atoms with Crippen LogP contribution in [-0.2, 0) is 16.8 Å². The molecule has 0 unspecified atom stereocenters. The molecule has 0 saturated heterocycles. The Hall–Kier alpha value is -2.34. The molecule has 6 heteroatoms. The number of ketones is 1. The molecule has 0 heterocycles. The number of rotatable bonds is 6. The molecule has 0 saturated carbocycles. The molecule has 2 aromatic carbocycles. The molecule has 0 aliphatic carbocycles. The van der Waals surface area contributed by atoms with E-state index in [-0.39, 0.29) is 12.0 Å². The van der Waals surface area contributed by atoms with Gasteiger partial charge in [0.05, 0.1) is 18.7 Å². The lowest BCUT2D eigenvalue weighted by Crippen LogP contribution is -2.30. The van der Waals surface area contributed by atoms with Crippen molar-refractivity contribution in [2.24, 2.45) is 0 Å². The summed E-state index contributed by atoms with van der Waals surface area (Å²) in [5, 5.41) is 2.65. The second-order valence-corrected chi connectivity index (χ2v) is 8.01. The van der Waals surface area contributed by atoms with Gasteiger partial charge in [-0.3, -0.25) is 9.59 Å². The van der Waals surface area contributed by atoms with Gasteiger partial charge in [-0.1, -0.05) is 45.0 Å². The van der Waals surface area contributed by atoms with E-state index in [1.807, 2.05) is 18.2 Å². The quantitative estimate of drug-likeness (QED) is 0.545. The zero-order valence-corrected chi connectivity index (χ0v) is 17.8. The summed E-state index contributed by atoms with van der Waals surface area (Å²) in [6.07, 6.45) is 0. The molecule has 144 valence electrons. The van der Waals surface area contributed by atoms with Crippen molar-refractivity contribution in [2.75, 3.05) is 14.2 Å². The molecule has 0 bridgehead atoms. The van der Waals surface area contributed by atoms with Gasteiger partial charge in [0.15, 0.2) is 11.5 Å². The lowest BCUT2D eigenvalue weighted by atomic mass is 9.86. The number of benzene rings is 2. The normalized spacial score (nSPS) is 11.0. The average Bonchev–Trinajstić information content (AvgIpc) is 2.64. The van der Waals surface area contributed by atoms with Gasteiger partial charge in [0.1, 0.15) is 0 Å². The van der Waals surface area contributed by atoms with Crippen molar-refractivity contribution in [1.29, 1.82) is 0 Å². The number of amides is 1. The average molecular weight is 434 g/mol. The van der Waals surface area contributed by atoms with Crippen LogP contribution < -0.4 is 14.8 Å². The number of carbonyl (C=O) groups is 2. The third-order valence-electron chi connectivity index (χ3n) is 4.17. The molecular weight excluding hydrogens is 410 g/mol. The molecule has 0 aromatic heterocycles. The Kier molecular flexibility index (Phi) is 6.65. The van der Waals surface area contributed by atoms with E-state index in [0.29, 0.717) is 21.5 Å². The first kappa shape index (κ1) is 21.0. The van der Waals surface area contributed by atoms with Gasteiger partial charge in [0.2, 0.25) is 5.78 Å². The van der Waals surface area contributed by atoms with Crippen LogP contribution >= 0.6 is 15.9 Å². The minimum Gasteiger partial charge on any atom is -0.493 e. The summed E-state index contributed by atoms with van der Waals surface area (Å²) in [7, 11) is 3.09. The highest BCUT2D eigenvalue weighted by Crippen LogP contribution is 2.36. The second-order valence-electron chi connectivity index (χ2n) is 7.15. The minimum absolute atomic E-state index is 0.00928. The molecule has 1 amide bonds. The molecule has 5 nitrogen and oxygen atoms in total. The molecule has 2 rings (SSSR count). The predicted molar refractivity (Wildman–Crippen MR) is 109 cm³/mol. The number of carbonyl (C=O) groups excluding carboxylic acids is 2. The molecule has 0 spiro atoms. The Morgan fingerprint density at radius 1 is 1.04 bits per heavy atom. The number of methoxy groups -OCH3 is 2. The van der Waals surface area contributed by atoms with Crippen molar-refractivity contribution in [3.05, 3.63) is 57.6 Å². The summed E-state index contributed by atoms with van der Waals surface area (Å²) in [6, 6.07) is 10.7. The number of hydrogen-bond donors (Lipinski definition) is 1. The van der Waals surface area contributed by atoms with E-state index in [4.69, 9.17) is 9.47 Å². The van der Waals surface area contributed by atoms with Crippen molar-refractivity contribution < 1.29 is 19.1 Å². The van der Waals surface area contributed by atoms with E-state index in [2.05, 4.69) is 42.0 Å².